The predicted molar refractivity (Wildman–Crippen MR) is 229 cm³/mol. The van der Waals surface area contributed by atoms with Crippen LogP contribution in [-0.2, 0) is 10.8 Å². The second-order valence-electron chi connectivity index (χ2n) is 16.2. The Kier molecular flexibility index (Phi) is 6.94. The molecule has 9 aromatic rings. The molecule has 1 unspecified atom stereocenters. The molecule has 0 amide bonds. The smallest absolute Gasteiger partial charge is 0.145 e. The van der Waals surface area contributed by atoms with Gasteiger partial charge >= 0.3 is 0 Å². The number of fused-ring (bicyclic) bond motifs is 14. The second-order valence-corrected chi connectivity index (χ2v) is 16.2. The van der Waals surface area contributed by atoms with Crippen molar-refractivity contribution in [2.24, 2.45) is 0 Å². The zero-order valence-corrected chi connectivity index (χ0v) is 31.5. The fourth-order valence-corrected chi connectivity index (χ4v) is 9.60. The van der Waals surface area contributed by atoms with Gasteiger partial charge in [-0.3, -0.25) is 0 Å². The molecule has 1 aromatic heterocycles. The number of anilines is 3. The van der Waals surface area contributed by atoms with Gasteiger partial charge in [-0.25, -0.2) is 4.39 Å². The SMILES string of the molecule is CC(C)(C)c1ccc(N(c2ccc(-c3ccccc3)cc2)c2cc3c(c4oc5ccccc5c24)-c2ccccc2C32c3ccccc3-c3ccc(F)cc32)cc1. The Labute approximate surface area is 326 Å². The molecule has 8 aromatic carbocycles. The lowest BCUT2D eigenvalue weighted by Crippen LogP contribution is -2.26. The average molecular weight is 724 g/mol. The van der Waals surface area contributed by atoms with Crippen LogP contribution in [0.1, 0.15) is 48.6 Å². The second kappa shape index (κ2) is 11.9. The third kappa shape index (κ3) is 4.55. The van der Waals surface area contributed by atoms with Crippen molar-refractivity contribution in [3.63, 3.8) is 0 Å². The Morgan fingerprint density at radius 2 is 1.11 bits per heavy atom. The summed E-state index contributed by atoms with van der Waals surface area (Å²) in [5.74, 6) is -0.244. The van der Waals surface area contributed by atoms with E-state index in [2.05, 4.69) is 177 Å². The molecule has 0 saturated heterocycles. The molecule has 56 heavy (non-hydrogen) atoms. The molecular formula is C53H38FNO. The summed E-state index contributed by atoms with van der Waals surface area (Å²) in [5, 5.41) is 2.10. The van der Waals surface area contributed by atoms with Gasteiger partial charge in [0.2, 0.25) is 0 Å². The lowest BCUT2D eigenvalue weighted by atomic mass is 9.70. The summed E-state index contributed by atoms with van der Waals surface area (Å²) in [6.07, 6.45) is 0. The molecule has 0 radical (unpaired) electrons. The summed E-state index contributed by atoms with van der Waals surface area (Å²) in [7, 11) is 0. The van der Waals surface area contributed by atoms with Crippen molar-refractivity contribution in [1.82, 2.24) is 0 Å². The van der Waals surface area contributed by atoms with Crippen LogP contribution < -0.4 is 4.90 Å². The molecule has 0 fully saturated rings. The minimum absolute atomic E-state index is 0.00102. The van der Waals surface area contributed by atoms with Crippen LogP contribution in [0.25, 0.3) is 55.3 Å². The molecule has 0 saturated carbocycles. The zero-order valence-electron chi connectivity index (χ0n) is 31.5. The highest BCUT2D eigenvalue weighted by Crippen LogP contribution is 2.65. The summed E-state index contributed by atoms with van der Waals surface area (Å²) < 4.78 is 22.7. The first-order valence-corrected chi connectivity index (χ1v) is 19.4. The maximum atomic E-state index is 15.7. The van der Waals surface area contributed by atoms with Crippen molar-refractivity contribution in [3.05, 3.63) is 210 Å². The number of nitrogens with zero attached hydrogens (tertiary/aromatic N) is 1. The van der Waals surface area contributed by atoms with Crippen molar-refractivity contribution in [1.29, 1.82) is 0 Å². The highest BCUT2D eigenvalue weighted by atomic mass is 19.1. The van der Waals surface area contributed by atoms with Gasteiger partial charge in [0.15, 0.2) is 0 Å². The van der Waals surface area contributed by atoms with Crippen LogP contribution in [0.5, 0.6) is 0 Å². The summed E-state index contributed by atoms with van der Waals surface area (Å²) in [4.78, 5) is 2.38. The largest absolute Gasteiger partial charge is 0.455 e. The van der Waals surface area contributed by atoms with E-state index >= 15 is 4.39 Å². The maximum absolute atomic E-state index is 15.7. The number of para-hydroxylation sites is 1. The molecule has 3 heteroatoms. The van der Waals surface area contributed by atoms with Crippen LogP contribution in [0, 0.1) is 5.82 Å². The normalized spacial score (nSPS) is 15.2. The highest BCUT2D eigenvalue weighted by Gasteiger charge is 2.53. The van der Waals surface area contributed by atoms with Crippen molar-refractivity contribution < 1.29 is 8.81 Å². The van der Waals surface area contributed by atoms with E-state index in [0.717, 1.165) is 89.1 Å². The Morgan fingerprint density at radius 1 is 0.518 bits per heavy atom. The molecule has 0 N–H and O–H groups in total. The summed E-state index contributed by atoms with van der Waals surface area (Å²) >= 11 is 0. The van der Waals surface area contributed by atoms with Crippen LogP contribution in [0.15, 0.2) is 180 Å². The lowest BCUT2D eigenvalue weighted by molar-refractivity contribution is 0.590. The first kappa shape index (κ1) is 32.7. The van der Waals surface area contributed by atoms with E-state index < -0.39 is 5.41 Å². The fraction of sp³-hybridized carbons (Fsp3) is 0.0943. The van der Waals surface area contributed by atoms with Crippen LogP contribution in [0.4, 0.5) is 21.5 Å². The fourth-order valence-electron chi connectivity index (χ4n) is 9.60. The van der Waals surface area contributed by atoms with E-state index in [9.17, 15) is 0 Å². The third-order valence-electron chi connectivity index (χ3n) is 12.1. The van der Waals surface area contributed by atoms with Gasteiger partial charge in [-0.2, -0.15) is 0 Å². The Morgan fingerprint density at radius 3 is 1.84 bits per heavy atom. The standard InChI is InChI=1S/C53H38FNO/c1-52(2,3)35-23-28-38(29-24-35)55(37-26-21-34(22-27-37)33-13-5-4-6-14-33)47-32-46-49(51-50(47)42-17-9-12-20-48(42)56-51)41-16-8-11-19-44(41)53(46)43-18-10-7-15-39(43)40-30-25-36(54)31-45(40)53/h4-32H,1-3H3. The van der Waals surface area contributed by atoms with Crippen molar-refractivity contribution in [2.75, 3.05) is 4.90 Å². The van der Waals surface area contributed by atoms with E-state index in [1.165, 1.54) is 11.1 Å². The molecule has 1 atom stereocenters. The highest BCUT2D eigenvalue weighted by molar-refractivity contribution is 6.19. The van der Waals surface area contributed by atoms with E-state index in [1.54, 1.807) is 12.1 Å². The van der Waals surface area contributed by atoms with Gasteiger partial charge in [0.25, 0.3) is 0 Å². The summed E-state index contributed by atoms with van der Waals surface area (Å²) in [5.41, 5.74) is 16.3. The quantitative estimate of drug-likeness (QED) is 0.180. The monoisotopic (exact) mass is 723 g/mol. The maximum Gasteiger partial charge on any atom is 0.145 e. The number of benzene rings is 8. The summed E-state index contributed by atoms with van der Waals surface area (Å²) in [6.45, 7) is 6.75. The van der Waals surface area contributed by atoms with Crippen LogP contribution in [0.3, 0.4) is 0 Å². The minimum atomic E-state index is -0.763. The topological polar surface area (TPSA) is 16.4 Å². The molecule has 2 aliphatic carbocycles. The van der Waals surface area contributed by atoms with Gasteiger partial charge in [0, 0.05) is 22.3 Å². The van der Waals surface area contributed by atoms with Crippen molar-refractivity contribution in [3.8, 4) is 33.4 Å². The lowest BCUT2D eigenvalue weighted by Gasteiger charge is -2.32. The molecule has 2 aliphatic rings. The van der Waals surface area contributed by atoms with Gasteiger partial charge in [-0.1, -0.05) is 148 Å². The third-order valence-corrected chi connectivity index (χ3v) is 12.1. The molecule has 268 valence electrons. The van der Waals surface area contributed by atoms with Crippen LogP contribution in [-0.4, -0.2) is 0 Å². The first-order chi connectivity index (χ1) is 27.3. The van der Waals surface area contributed by atoms with Gasteiger partial charge in [-0.15, -0.1) is 0 Å². The van der Waals surface area contributed by atoms with Crippen molar-refractivity contribution >= 4 is 39.0 Å². The van der Waals surface area contributed by atoms with E-state index in [-0.39, 0.29) is 11.2 Å². The number of halogens is 1. The molecule has 1 spiro atoms. The van der Waals surface area contributed by atoms with Gasteiger partial charge in [-0.05, 0) is 110 Å². The molecule has 11 rings (SSSR count). The van der Waals surface area contributed by atoms with E-state index in [0.29, 0.717) is 0 Å². The summed E-state index contributed by atoms with van der Waals surface area (Å²) in [6, 6.07) is 61.7. The Bertz CT molecular complexity index is 3010. The molecule has 2 nitrogen and oxygen atoms in total. The number of rotatable bonds is 4. The molecule has 0 bridgehead atoms. The number of hydrogen-bond acceptors (Lipinski definition) is 2. The minimum Gasteiger partial charge on any atom is -0.455 e. The number of furan rings is 1. The predicted octanol–water partition coefficient (Wildman–Crippen LogP) is 14.5. The molecule has 1 heterocycles. The Balaban J connectivity index is 1.27. The zero-order chi connectivity index (χ0) is 37.8. The number of hydrogen-bond donors (Lipinski definition) is 0. The molecule has 0 aliphatic heterocycles. The van der Waals surface area contributed by atoms with Gasteiger partial charge < -0.3 is 9.32 Å². The molecular weight excluding hydrogens is 686 g/mol. The Hall–Kier alpha value is -6.71. The van der Waals surface area contributed by atoms with Crippen molar-refractivity contribution in [2.45, 2.75) is 31.6 Å². The first-order valence-electron chi connectivity index (χ1n) is 19.4. The van der Waals surface area contributed by atoms with Crippen LogP contribution >= 0.6 is 0 Å². The van der Waals surface area contributed by atoms with E-state index in [1.807, 2.05) is 12.1 Å². The average Bonchev–Trinajstić information content (AvgIpc) is 3.85. The van der Waals surface area contributed by atoms with Gasteiger partial charge in [0.05, 0.1) is 16.5 Å². The van der Waals surface area contributed by atoms with Gasteiger partial charge in [0.1, 0.15) is 17.0 Å². The van der Waals surface area contributed by atoms with Crippen LogP contribution in [0.2, 0.25) is 0 Å². The van der Waals surface area contributed by atoms with E-state index in [4.69, 9.17) is 4.42 Å².